The van der Waals surface area contributed by atoms with E-state index in [4.69, 9.17) is 4.84 Å². The topological polar surface area (TPSA) is 72.5 Å². The zero-order valence-corrected chi connectivity index (χ0v) is 11.8. The molecule has 1 amide bonds. The Labute approximate surface area is 118 Å². The van der Waals surface area contributed by atoms with E-state index in [9.17, 15) is 13.2 Å². The molecule has 0 atom stereocenters. The zero-order valence-electron chi connectivity index (χ0n) is 11.0. The predicted octanol–water partition coefficient (Wildman–Crippen LogP) is 1.96. The summed E-state index contributed by atoms with van der Waals surface area (Å²) in [7, 11) is -3.59. The minimum Gasteiger partial charge on any atom is -0.270 e. The Balaban J connectivity index is 1.89. The van der Waals surface area contributed by atoms with Crippen LogP contribution in [0.15, 0.2) is 46.7 Å². The van der Waals surface area contributed by atoms with Gasteiger partial charge in [0.1, 0.15) is 0 Å². The fraction of sp³-hybridized carbons (Fsp3) is 0.357. The van der Waals surface area contributed by atoms with Crippen LogP contribution in [0.4, 0.5) is 0 Å². The lowest BCUT2D eigenvalue weighted by Crippen LogP contribution is -2.26. The van der Waals surface area contributed by atoms with Crippen LogP contribution in [0.5, 0.6) is 0 Å². The summed E-state index contributed by atoms with van der Waals surface area (Å²) in [6.07, 6.45) is 5.05. The van der Waals surface area contributed by atoms with Gasteiger partial charge in [0.05, 0.1) is 11.0 Å². The van der Waals surface area contributed by atoms with Gasteiger partial charge in [0.25, 0.3) is 5.91 Å². The summed E-state index contributed by atoms with van der Waals surface area (Å²) in [4.78, 5) is 16.8. The second-order valence-electron chi connectivity index (χ2n) is 4.65. The monoisotopic (exact) mass is 295 g/mol. The van der Waals surface area contributed by atoms with E-state index in [0.717, 1.165) is 37.2 Å². The number of hydroxylamine groups is 1. The van der Waals surface area contributed by atoms with Gasteiger partial charge >= 0.3 is 0 Å². The summed E-state index contributed by atoms with van der Waals surface area (Å²) in [6.45, 7) is 0. The number of hydrogen-bond donors (Lipinski definition) is 1. The zero-order chi connectivity index (χ0) is 14.4. The Morgan fingerprint density at radius 2 is 1.85 bits per heavy atom. The van der Waals surface area contributed by atoms with Gasteiger partial charge in [0.15, 0.2) is 9.84 Å². The molecule has 0 bridgehead atoms. The molecule has 1 aliphatic rings. The number of sulfone groups is 1. The molecule has 108 valence electrons. The number of carbonyl (C=O) groups is 1. The SMILES string of the molecule is O=C(/C=C/S(=O)(=O)c1ccccc1)NOC1CCCC1. The van der Waals surface area contributed by atoms with Crippen molar-refractivity contribution < 1.29 is 18.0 Å². The van der Waals surface area contributed by atoms with E-state index in [1.807, 2.05) is 0 Å². The van der Waals surface area contributed by atoms with Crippen LogP contribution in [0, 0.1) is 0 Å². The first-order valence-electron chi connectivity index (χ1n) is 6.52. The molecule has 0 unspecified atom stereocenters. The van der Waals surface area contributed by atoms with Gasteiger partial charge in [-0.2, -0.15) is 0 Å². The van der Waals surface area contributed by atoms with E-state index >= 15 is 0 Å². The molecule has 0 radical (unpaired) electrons. The second-order valence-corrected chi connectivity index (χ2v) is 6.49. The average molecular weight is 295 g/mol. The summed E-state index contributed by atoms with van der Waals surface area (Å²) < 4.78 is 23.8. The largest absolute Gasteiger partial charge is 0.270 e. The van der Waals surface area contributed by atoms with Gasteiger partial charge < -0.3 is 0 Å². The van der Waals surface area contributed by atoms with Crippen LogP contribution in [0.3, 0.4) is 0 Å². The van der Waals surface area contributed by atoms with E-state index < -0.39 is 15.7 Å². The van der Waals surface area contributed by atoms with Gasteiger partial charge in [0.2, 0.25) is 0 Å². The molecule has 0 spiro atoms. The van der Waals surface area contributed by atoms with Gasteiger partial charge in [-0.05, 0) is 25.0 Å². The number of amides is 1. The molecule has 1 aromatic carbocycles. The van der Waals surface area contributed by atoms with Gasteiger partial charge in [-0.3, -0.25) is 9.63 Å². The first kappa shape index (κ1) is 14.7. The van der Waals surface area contributed by atoms with Crippen LogP contribution in [-0.2, 0) is 19.5 Å². The van der Waals surface area contributed by atoms with Crippen LogP contribution in [0.2, 0.25) is 0 Å². The number of carbonyl (C=O) groups excluding carboxylic acids is 1. The normalized spacial score (nSPS) is 16.6. The first-order valence-corrected chi connectivity index (χ1v) is 8.06. The van der Waals surface area contributed by atoms with E-state index in [1.54, 1.807) is 18.2 Å². The molecule has 1 saturated carbocycles. The summed E-state index contributed by atoms with van der Waals surface area (Å²) in [5.74, 6) is -0.573. The lowest BCUT2D eigenvalue weighted by molar-refractivity contribution is -0.133. The highest BCUT2D eigenvalue weighted by Crippen LogP contribution is 2.19. The van der Waals surface area contributed by atoms with Gasteiger partial charge in [0, 0.05) is 11.5 Å². The number of hydrogen-bond acceptors (Lipinski definition) is 4. The molecule has 20 heavy (non-hydrogen) atoms. The second kappa shape index (κ2) is 6.67. The van der Waals surface area contributed by atoms with Crippen molar-refractivity contribution in [1.29, 1.82) is 0 Å². The van der Waals surface area contributed by atoms with Crippen molar-refractivity contribution in [2.45, 2.75) is 36.7 Å². The summed E-state index contributed by atoms with van der Waals surface area (Å²) >= 11 is 0. The maximum Gasteiger partial charge on any atom is 0.268 e. The van der Waals surface area contributed by atoms with Crippen LogP contribution in [0.1, 0.15) is 25.7 Å². The first-order chi connectivity index (χ1) is 9.58. The number of benzene rings is 1. The molecule has 0 aliphatic heterocycles. The van der Waals surface area contributed by atoms with Crippen LogP contribution in [0.25, 0.3) is 0 Å². The lowest BCUT2D eigenvalue weighted by Gasteiger charge is -2.09. The van der Waals surface area contributed by atoms with Crippen LogP contribution in [-0.4, -0.2) is 20.4 Å². The molecule has 6 heteroatoms. The van der Waals surface area contributed by atoms with Gasteiger partial charge in [-0.15, -0.1) is 0 Å². The molecule has 1 N–H and O–H groups in total. The van der Waals surface area contributed by atoms with Crippen molar-refractivity contribution in [3.05, 3.63) is 41.8 Å². The molecule has 0 heterocycles. The lowest BCUT2D eigenvalue weighted by atomic mass is 10.3. The van der Waals surface area contributed by atoms with E-state index in [-0.39, 0.29) is 11.0 Å². The Morgan fingerprint density at radius 3 is 2.50 bits per heavy atom. The molecule has 0 saturated heterocycles. The smallest absolute Gasteiger partial charge is 0.268 e. The highest BCUT2D eigenvalue weighted by atomic mass is 32.2. The standard InChI is InChI=1S/C14H17NO4S/c16-14(15-19-12-6-4-5-7-12)10-11-20(17,18)13-8-2-1-3-9-13/h1-3,8-12H,4-7H2,(H,15,16)/b11-10+. The quantitative estimate of drug-likeness (QED) is 0.666. The fourth-order valence-corrected chi connectivity index (χ4v) is 3.02. The van der Waals surface area contributed by atoms with Crippen LogP contribution >= 0.6 is 0 Å². The van der Waals surface area contributed by atoms with Crippen molar-refractivity contribution in [3.63, 3.8) is 0 Å². The number of rotatable bonds is 5. The fourth-order valence-electron chi connectivity index (χ4n) is 2.02. The van der Waals surface area contributed by atoms with Crippen LogP contribution < -0.4 is 5.48 Å². The van der Waals surface area contributed by atoms with E-state index in [2.05, 4.69) is 5.48 Å². The average Bonchev–Trinajstić information content (AvgIpc) is 2.97. The maximum atomic E-state index is 11.9. The molecule has 0 aromatic heterocycles. The van der Waals surface area contributed by atoms with E-state index in [0.29, 0.717) is 0 Å². The molecule has 1 fully saturated rings. The third kappa shape index (κ3) is 4.18. The summed E-state index contributed by atoms with van der Waals surface area (Å²) in [5.41, 5.74) is 2.26. The Morgan fingerprint density at radius 1 is 1.20 bits per heavy atom. The van der Waals surface area contributed by atoms with Crippen molar-refractivity contribution in [2.24, 2.45) is 0 Å². The minimum atomic E-state index is -3.59. The Bertz CT molecular complexity index is 574. The van der Waals surface area contributed by atoms with Crippen molar-refractivity contribution in [1.82, 2.24) is 5.48 Å². The highest BCUT2D eigenvalue weighted by Gasteiger charge is 2.16. The summed E-state index contributed by atoms with van der Waals surface area (Å²) in [5, 5.41) is 0.885. The van der Waals surface area contributed by atoms with Gasteiger partial charge in [-0.25, -0.2) is 13.9 Å². The third-order valence-corrected chi connectivity index (χ3v) is 4.52. The van der Waals surface area contributed by atoms with Crippen molar-refractivity contribution in [2.75, 3.05) is 0 Å². The molecular formula is C14H17NO4S. The van der Waals surface area contributed by atoms with Gasteiger partial charge in [-0.1, -0.05) is 31.0 Å². The van der Waals surface area contributed by atoms with E-state index in [1.165, 1.54) is 12.1 Å². The molecule has 1 aromatic rings. The maximum absolute atomic E-state index is 11.9. The van der Waals surface area contributed by atoms with Crippen molar-refractivity contribution >= 4 is 15.7 Å². The minimum absolute atomic E-state index is 0.0399. The molecule has 1 aliphatic carbocycles. The molecule has 2 rings (SSSR count). The molecule has 5 nitrogen and oxygen atoms in total. The summed E-state index contributed by atoms with van der Waals surface area (Å²) in [6, 6.07) is 7.94. The Hall–Kier alpha value is -1.66. The predicted molar refractivity (Wildman–Crippen MR) is 74.3 cm³/mol. The highest BCUT2D eigenvalue weighted by molar-refractivity contribution is 7.94. The third-order valence-electron chi connectivity index (χ3n) is 3.10. The Kier molecular flexibility index (Phi) is 4.92. The van der Waals surface area contributed by atoms with Crippen molar-refractivity contribution in [3.8, 4) is 0 Å². The number of nitrogens with one attached hydrogen (secondary N) is 1. The molecular weight excluding hydrogens is 278 g/mol.